The number of amides is 1. The summed E-state index contributed by atoms with van der Waals surface area (Å²) in [4.78, 5) is 17.8. The number of hydrogen-bond donors (Lipinski definition) is 2. The number of benzene rings is 1. The zero-order valence-electron chi connectivity index (χ0n) is 14.7. The molecule has 0 aliphatic heterocycles. The molecule has 0 unspecified atom stereocenters. The highest BCUT2D eigenvalue weighted by Gasteiger charge is 2.05. The van der Waals surface area contributed by atoms with Gasteiger partial charge < -0.3 is 20.3 Å². The van der Waals surface area contributed by atoms with Crippen molar-refractivity contribution in [3.05, 3.63) is 35.9 Å². The van der Waals surface area contributed by atoms with Gasteiger partial charge in [0.05, 0.1) is 13.1 Å². The first-order chi connectivity index (χ1) is 11.1. The van der Waals surface area contributed by atoms with Crippen molar-refractivity contribution in [3.8, 4) is 0 Å². The molecule has 0 atom stereocenters. The first-order valence-electron chi connectivity index (χ1n) is 7.97. The van der Waals surface area contributed by atoms with E-state index in [2.05, 4.69) is 15.6 Å². The summed E-state index contributed by atoms with van der Waals surface area (Å²) in [6.07, 6.45) is 0.890. The molecule has 0 aromatic heterocycles. The van der Waals surface area contributed by atoms with Gasteiger partial charge in [0.2, 0.25) is 5.91 Å². The van der Waals surface area contributed by atoms with E-state index in [0.29, 0.717) is 19.1 Å². The Kier molecular flexibility index (Phi) is 13.2. The van der Waals surface area contributed by atoms with Crippen LogP contribution in [0.25, 0.3) is 0 Å². The summed E-state index contributed by atoms with van der Waals surface area (Å²) in [6.45, 7) is 4.96. The summed E-state index contributed by atoms with van der Waals surface area (Å²) >= 11 is 0. The number of hydrogen-bond acceptors (Lipinski definition) is 3. The van der Waals surface area contributed by atoms with Crippen LogP contribution in [0.1, 0.15) is 18.9 Å². The standard InChI is InChI=1S/C17H28N4O2.HI/c1-4-23-12-8-11-18-17(20-14-16(22)21(2)3)19-13-15-9-6-5-7-10-15;/h5-7,9-10H,4,8,11-14H2,1-3H3,(H2,18,19,20);1H. The van der Waals surface area contributed by atoms with Crippen LogP contribution in [0.3, 0.4) is 0 Å². The van der Waals surface area contributed by atoms with Gasteiger partial charge in [0.15, 0.2) is 5.96 Å². The maximum absolute atomic E-state index is 11.7. The van der Waals surface area contributed by atoms with Gasteiger partial charge in [-0.1, -0.05) is 30.3 Å². The average molecular weight is 448 g/mol. The van der Waals surface area contributed by atoms with Crippen LogP contribution in [-0.2, 0) is 16.1 Å². The Balaban J connectivity index is 0.00000529. The van der Waals surface area contributed by atoms with Gasteiger partial charge in [-0.25, -0.2) is 4.99 Å². The topological polar surface area (TPSA) is 66.0 Å². The molecule has 2 N–H and O–H groups in total. The molecule has 7 heteroatoms. The predicted octanol–water partition coefficient (Wildman–Crippen LogP) is 1.85. The lowest BCUT2D eigenvalue weighted by atomic mass is 10.2. The van der Waals surface area contributed by atoms with E-state index < -0.39 is 0 Å². The number of nitrogens with zero attached hydrogens (tertiary/aromatic N) is 2. The van der Waals surface area contributed by atoms with Gasteiger partial charge in [-0.15, -0.1) is 24.0 Å². The van der Waals surface area contributed by atoms with Gasteiger partial charge in [-0.05, 0) is 18.9 Å². The second-order valence-corrected chi connectivity index (χ2v) is 5.27. The lowest BCUT2D eigenvalue weighted by Crippen LogP contribution is -2.43. The molecule has 136 valence electrons. The SMILES string of the molecule is CCOCCCNC(=NCc1ccccc1)NCC(=O)N(C)C.I. The van der Waals surface area contributed by atoms with Crippen LogP contribution in [-0.4, -0.2) is 57.2 Å². The number of halogens is 1. The maximum atomic E-state index is 11.7. The molecule has 0 saturated heterocycles. The fraction of sp³-hybridized carbons (Fsp3) is 0.529. The smallest absolute Gasteiger partial charge is 0.241 e. The van der Waals surface area contributed by atoms with E-state index >= 15 is 0 Å². The number of carbonyl (C=O) groups excluding carboxylic acids is 1. The first-order valence-corrected chi connectivity index (χ1v) is 7.97. The molecule has 1 rings (SSSR count). The molecule has 1 aromatic carbocycles. The second kappa shape index (κ2) is 14.0. The van der Waals surface area contributed by atoms with Gasteiger partial charge in [0.25, 0.3) is 0 Å². The molecule has 1 aromatic rings. The lowest BCUT2D eigenvalue weighted by molar-refractivity contribution is -0.127. The third kappa shape index (κ3) is 10.4. The molecular weight excluding hydrogens is 419 g/mol. The summed E-state index contributed by atoms with van der Waals surface area (Å²) in [7, 11) is 3.47. The van der Waals surface area contributed by atoms with Crippen molar-refractivity contribution >= 4 is 35.8 Å². The van der Waals surface area contributed by atoms with Crippen LogP contribution in [0, 0.1) is 0 Å². The van der Waals surface area contributed by atoms with Gasteiger partial charge in [0.1, 0.15) is 0 Å². The summed E-state index contributed by atoms with van der Waals surface area (Å²) < 4.78 is 5.31. The number of carbonyl (C=O) groups is 1. The Bertz CT molecular complexity index is 481. The maximum Gasteiger partial charge on any atom is 0.241 e. The van der Waals surface area contributed by atoms with Crippen molar-refractivity contribution in [3.63, 3.8) is 0 Å². The molecule has 0 heterocycles. The molecular formula is C17H29IN4O2. The Morgan fingerprint density at radius 3 is 2.54 bits per heavy atom. The van der Waals surface area contributed by atoms with Crippen molar-refractivity contribution in [1.82, 2.24) is 15.5 Å². The van der Waals surface area contributed by atoms with Crippen LogP contribution in [0.5, 0.6) is 0 Å². The van der Waals surface area contributed by atoms with Crippen LogP contribution in [0.2, 0.25) is 0 Å². The minimum absolute atomic E-state index is 0. The third-order valence-electron chi connectivity index (χ3n) is 3.13. The zero-order valence-corrected chi connectivity index (χ0v) is 17.1. The number of rotatable bonds is 9. The quantitative estimate of drug-likeness (QED) is 0.262. The molecule has 1 amide bonds. The Morgan fingerprint density at radius 1 is 1.21 bits per heavy atom. The average Bonchev–Trinajstić information content (AvgIpc) is 2.56. The van der Waals surface area contributed by atoms with Gasteiger partial charge in [-0.3, -0.25) is 4.79 Å². The molecule has 6 nitrogen and oxygen atoms in total. The van der Waals surface area contributed by atoms with Crippen LogP contribution >= 0.6 is 24.0 Å². The monoisotopic (exact) mass is 448 g/mol. The van der Waals surface area contributed by atoms with E-state index in [9.17, 15) is 4.79 Å². The first kappa shape index (κ1) is 22.6. The molecule has 0 radical (unpaired) electrons. The molecule has 0 saturated carbocycles. The summed E-state index contributed by atoms with van der Waals surface area (Å²) in [5, 5.41) is 6.30. The number of guanidine groups is 1. The van der Waals surface area contributed by atoms with E-state index in [1.807, 2.05) is 37.3 Å². The highest BCUT2D eigenvalue weighted by Crippen LogP contribution is 1.99. The molecule has 0 bridgehead atoms. The number of ether oxygens (including phenoxy) is 1. The van der Waals surface area contributed by atoms with Gasteiger partial charge in [-0.2, -0.15) is 0 Å². The fourth-order valence-corrected chi connectivity index (χ4v) is 1.77. The highest BCUT2D eigenvalue weighted by molar-refractivity contribution is 14.0. The number of nitrogens with one attached hydrogen (secondary N) is 2. The van der Waals surface area contributed by atoms with Crippen LogP contribution in [0.4, 0.5) is 0 Å². The largest absolute Gasteiger partial charge is 0.382 e. The van der Waals surface area contributed by atoms with E-state index in [1.165, 1.54) is 0 Å². The van der Waals surface area contributed by atoms with Crippen molar-refractivity contribution in [1.29, 1.82) is 0 Å². The van der Waals surface area contributed by atoms with Gasteiger partial charge in [0, 0.05) is 33.9 Å². The summed E-state index contributed by atoms with van der Waals surface area (Å²) in [5.74, 6) is 0.647. The van der Waals surface area contributed by atoms with Crippen molar-refractivity contribution < 1.29 is 9.53 Å². The number of aliphatic imine (C=N–C) groups is 1. The van der Waals surface area contributed by atoms with E-state index in [0.717, 1.165) is 25.1 Å². The van der Waals surface area contributed by atoms with Gasteiger partial charge >= 0.3 is 0 Å². The minimum atomic E-state index is 0. The molecule has 0 spiro atoms. The molecule has 0 aliphatic rings. The summed E-state index contributed by atoms with van der Waals surface area (Å²) in [6, 6.07) is 10.0. The second-order valence-electron chi connectivity index (χ2n) is 5.27. The normalized spacial score (nSPS) is 10.7. The fourth-order valence-electron chi connectivity index (χ4n) is 1.77. The van der Waals surface area contributed by atoms with E-state index in [4.69, 9.17) is 4.74 Å². The zero-order chi connectivity index (χ0) is 16.9. The Hall–Kier alpha value is -1.35. The van der Waals surface area contributed by atoms with Crippen molar-refractivity contribution in [2.24, 2.45) is 4.99 Å². The molecule has 0 fully saturated rings. The minimum Gasteiger partial charge on any atom is -0.382 e. The Labute approximate surface area is 162 Å². The lowest BCUT2D eigenvalue weighted by Gasteiger charge is -2.15. The molecule has 24 heavy (non-hydrogen) atoms. The molecule has 0 aliphatic carbocycles. The third-order valence-corrected chi connectivity index (χ3v) is 3.13. The van der Waals surface area contributed by atoms with E-state index in [-0.39, 0.29) is 36.4 Å². The highest BCUT2D eigenvalue weighted by atomic mass is 127. The van der Waals surface area contributed by atoms with Crippen LogP contribution in [0.15, 0.2) is 35.3 Å². The Morgan fingerprint density at radius 2 is 1.92 bits per heavy atom. The van der Waals surface area contributed by atoms with Crippen molar-refractivity contribution in [2.75, 3.05) is 40.4 Å². The summed E-state index contributed by atoms with van der Waals surface area (Å²) in [5.41, 5.74) is 1.13. The number of likely N-dealkylation sites (N-methyl/N-ethyl adjacent to an activating group) is 1. The van der Waals surface area contributed by atoms with Crippen LogP contribution < -0.4 is 10.6 Å². The predicted molar refractivity (Wildman–Crippen MR) is 109 cm³/mol. The van der Waals surface area contributed by atoms with Crippen molar-refractivity contribution in [2.45, 2.75) is 19.9 Å². The van der Waals surface area contributed by atoms with E-state index in [1.54, 1.807) is 19.0 Å².